The maximum absolute atomic E-state index is 3.66. The third-order valence-electron chi connectivity index (χ3n) is 4.22. The summed E-state index contributed by atoms with van der Waals surface area (Å²) in [5.74, 6) is 1.67. The molecular weight excluding hydrogens is 206 g/mol. The summed E-state index contributed by atoms with van der Waals surface area (Å²) in [6.07, 6.45) is 5.18. The zero-order chi connectivity index (χ0) is 12.3. The zero-order valence-corrected chi connectivity index (χ0v) is 11.4. The first-order chi connectivity index (χ1) is 8.20. The van der Waals surface area contributed by atoms with E-state index in [-0.39, 0.29) is 0 Å². The van der Waals surface area contributed by atoms with Gasteiger partial charge in [0, 0.05) is 11.7 Å². The van der Waals surface area contributed by atoms with Gasteiger partial charge in [-0.15, -0.1) is 0 Å². The van der Waals surface area contributed by atoms with Crippen molar-refractivity contribution in [3.05, 3.63) is 29.8 Å². The van der Waals surface area contributed by atoms with Crippen LogP contribution in [0.4, 0.5) is 5.69 Å². The SMILES string of the molecule is CCC[C@@H](C)[C@@H](C)CC1Cc2ccccc2N1. The fourth-order valence-electron chi connectivity index (χ4n) is 2.94. The Kier molecular flexibility index (Phi) is 4.09. The van der Waals surface area contributed by atoms with Crippen molar-refractivity contribution in [1.82, 2.24) is 0 Å². The third-order valence-corrected chi connectivity index (χ3v) is 4.22. The highest BCUT2D eigenvalue weighted by molar-refractivity contribution is 5.56. The van der Waals surface area contributed by atoms with E-state index in [1.165, 1.54) is 36.9 Å². The van der Waals surface area contributed by atoms with Crippen LogP contribution in [0.25, 0.3) is 0 Å². The molecule has 2 rings (SSSR count). The number of fused-ring (bicyclic) bond motifs is 1. The van der Waals surface area contributed by atoms with Crippen molar-refractivity contribution in [2.24, 2.45) is 11.8 Å². The molecular formula is C16H25N. The average Bonchev–Trinajstić information content (AvgIpc) is 2.71. The molecule has 17 heavy (non-hydrogen) atoms. The van der Waals surface area contributed by atoms with Crippen LogP contribution >= 0.6 is 0 Å². The van der Waals surface area contributed by atoms with Crippen LogP contribution in [-0.4, -0.2) is 6.04 Å². The minimum Gasteiger partial charge on any atom is -0.382 e. The lowest BCUT2D eigenvalue weighted by atomic mass is 9.86. The highest BCUT2D eigenvalue weighted by atomic mass is 14.9. The van der Waals surface area contributed by atoms with Gasteiger partial charge in [-0.05, 0) is 36.3 Å². The summed E-state index contributed by atoms with van der Waals surface area (Å²) >= 11 is 0. The number of hydrogen-bond acceptors (Lipinski definition) is 1. The number of anilines is 1. The van der Waals surface area contributed by atoms with Crippen molar-refractivity contribution >= 4 is 5.69 Å². The van der Waals surface area contributed by atoms with Gasteiger partial charge < -0.3 is 5.32 Å². The second kappa shape index (κ2) is 5.57. The molecule has 0 saturated heterocycles. The minimum atomic E-state index is 0.654. The fraction of sp³-hybridized carbons (Fsp3) is 0.625. The Labute approximate surface area is 106 Å². The molecule has 1 aliphatic heterocycles. The number of para-hydroxylation sites is 1. The first-order valence-electron chi connectivity index (χ1n) is 7.05. The van der Waals surface area contributed by atoms with E-state index < -0.39 is 0 Å². The molecule has 0 aromatic heterocycles. The van der Waals surface area contributed by atoms with Gasteiger partial charge in [-0.1, -0.05) is 51.8 Å². The normalized spacial score (nSPS) is 21.7. The monoisotopic (exact) mass is 231 g/mol. The van der Waals surface area contributed by atoms with Crippen LogP contribution in [0.15, 0.2) is 24.3 Å². The number of hydrogen-bond donors (Lipinski definition) is 1. The first kappa shape index (κ1) is 12.5. The van der Waals surface area contributed by atoms with Crippen molar-refractivity contribution in [3.8, 4) is 0 Å². The molecule has 0 aliphatic carbocycles. The Morgan fingerprint density at radius 1 is 1.24 bits per heavy atom. The lowest BCUT2D eigenvalue weighted by Gasteiger charge is -2.23. The summed E-state index contributed by atoms with van der Waals surface area (Å²) < 4.78 is 0. The van der Waals surface area contributed by atoms with Gasteiger partial charge in [0.25, 0.3) is 0 Å². The molecule has 94 valence electrons. The Balaban J connectivity index is 1.87. The quantitative estimate of drug-likeness (QED) is 0.787. The summed E-state index contributed by atoms with van der Waals surface area (Å²) in [5.41, 5.74) is 2.85. The van der Waals surface area contributed by atoms with Gasteiger partial charge in [0.15, 0.2) is 0 Å². The van der Waals surface area contributed by atoms with Gasteiger partial charge in [-0.25, -0.2) is 0 Å². The molecule has 0 bridgehead atoms. The van der Waals surface area contributed by atoms with Crippen LogP contribution in [0.1, 0.15) is 45.6 Å². The van der Waals surface area contributed by atoms with Crippen LogP contribution < -0.4 is 5.32 Å². The summed E-state index contributed by atoms with van der Waals surface area (Å²) in [6.45, 7) is 7.09. The van der Waals surface area contributed by atoms with Gasteiger partial charge in [0.05, 0.1) is 0 Å². The van der Waals surface area contributed by atoms with Crippen LogP contribution in [0.3, 0.4) is 0 Å². The predicted molar refractivity (Wildman–Crippen MR) is 75.4 cm³/mol. The Morgan fingerprint density at radius 2 is 2.00 bits per heavy atom. The standard InChI is InChI=1S/C16H25N/c1-4-7-12(2)13(3)10-15-11-14-8-5-6-9-16(14)17-15/h5-6,8-9,12-13,15,17H,4,7,10-11H2,1-3H3/t12-,13+,15?/m1/s1. The molecule has 1 unspecified atom stereocenters. The van der Waals surface area contributed by atoms with Crippen molar-refractivity contribution < 1.29 is 0 Å². The second-order valence-corrected chi connectivity index (χ2v) is 5.68. The van der Waals surface area contributed by atoms with E-state index in [9.17, 15) is 0 Å². The van der Waals surface area contributed by atoms with Crippen molar-refractivity contribution in [3.63, 3.8) is 0 Å². The van der Waals surface area contributed by atoms with Crippen LogP contribution in [0, 0.1) is 11.8 Å². The Bertz CT molecular complexity index is 333. The minimum absolute atomic E-state index is 0.654. The molecule has 0 amide bonds. The highest BCUT2D eigenvalue weighted by Gasteiger charge is 2.23. The molecule has 1 aromatic rings. The molecule has 1 nitrogen and oxygen atoms in total. The van der Waals surface area contributed by atoms with Crippen LogP contribution in [0.2, 0.25) is 0 Å². The summed E-state index contributed by atoms with van der Waals surface area (Å²) in [4.78, 5) is 0. The summed E-state index contributed by atoms with van der Waals surface area (Å²) in [6, 6.07) is 9.38. The molecule has 1 N–H and O–H groups in total. The molecule has 1 heterocycles. The average molecular weight is 231 g/mol. The van der Waals surface area contributed by atoms with E-state index in [4.69, 9.17) is 0 Å². The smallest absolute Gasteiger partial charge is 0.0375 e. The summed E-state index contributed by atoms with van der Waals surface area (Å²) in [7, 11) is 0. The molecule has 0 spiro atoms. The molecule has 0 radical (unpaired) electrons. The van der Waals surface area contributed by atoms with Gasteiger partial charge in [-0.3, -0.25) is 0 Å². The van der Waals surface area contributed by atoms with Crippen molar-refractivity contribution in [1.29, 1.82) is 0 Å². The number of nitrogens with one attached hydrogen (secondary N) is 1. The van der Waals surface area contributed by atoms with E-state index in [0.29, 0.717) is 6.04 Å². The predicted octanol–water partition coefficient (Wildman–Crippen LogP) is 4.49. The van der Waals surface area contributed by atoms with Crippen LogP contribution in [0.5, 0.6) is 0 Å². The highest BCUT2D eigenvalue weighted by Crippen LogP contribution is 2.30. The van der Waals surface area contributed by atoms with E-state index in [1.54, 1.807) is 0 Å². The topological polar surface area (TPSA) is 12.0 Å². The molecule has 0 fully saturated rings. The first-order valence-corrected chi connectivity index (χ1v) is 7.05. The second-order valence-electron chi connectivity index (χ2n) is 5.68. The lowest BCUT2D eigenvalue weighted by molar-refractivity contribution is 0.327. The van der Waals surface area contributed by atoms with Crippen molar-refractivity contribution in [2.45, 2.75) is 52.5 Å². The van der Waals surface area contributed by atoms with E-state index in [1.807, 2.05) is 0 Å². The van der Waals surface area contributed by atoms with Gasteiger partial charge >= 0.3 is 0 Å². The van der Waals surface area contributed by atoms with Gasteiger partial charge in [-0.2, -0.15) is 0 Å². The van der Waals surface area contributed by atoms with Gasteiger partial charge in [0.1, 0.15) is 0 Å². The Morgan fingerprint density at radius 3 is 2.71 bits per heavy atom. The Hall–Kier alpha value is -0.980. The van der Waals surface area contributed by atoms with E-state index >= 15 is 0 Å². The zero-order valence-electron chi connectivity index (χ0n) is 11.4. The number of benzene rings is 1. The van der Waals surface area contributed by atoms with Crippen molar-refractivity contribution in [2.75, 3.05) is 5.32 Å². The van der Waals surface area contributed by atoms with Crippen LogP contribution in [-0.2, 0) is 6.42 Å². The maximum atomic E-state index is 3.66. The largest absolute Gasteiger partial charge is 0.382 e. The molecule has 1 aromatic carbocycles. The maximum Gasteiger partial charge on any atom is 0.0375 e. The third kappa shape index (κ3) is 3.02. The lowest BCUT2D eigenvalue weighted by Crippen LogP contribution is -2.22. The molecule has 1 aliphatic rings. The number of rotatable bonds is 5. The fourth-order valence-corrected chi connectivity index (χ4v) is 2.94. The van der Waals surface area contributed by atoms with Gasteiger partial charge in [0.2, 0.25) is 0 Å². The van der Waals surface area contributed by atoms with E-state index in [0.717, 1.165) is 11.8 Å². The molecule has 0 saturated carbocycles. The molecule has 3 atom stereocenters. The summed E-state index contributed by atoms with van der Waals surface area (Å²) in [5, 5.41) is 3.66. The van der Waals surface area contributed by atoms with E-state index in [2.05, 4.69) is 50.4 Å². The molecule has 1 heteroatoms.